The van der Waals surface area contributed by atoms with Crippen LogP contribution in [0.1, 0.15) is 25.3 Å². The average molecular weight is 487 g/mol. The van der Waals surface area contributed by atoms with Gasteiger partial charge in [0.15, 0.2) is 5.96 Å². The van der Waals surface area contributed by atoms with Crippen molar-refractivity contribution in [1.29, 1.82) is 0 Å². The molecule has 0 radical (unpaired) electrons. The monoisotopic (exact) mass is 487 g/mol. The number of hydrogen-bond acceptors (Lipinski definition) is 4. The largest absolute Gasteiger partial charge is 0.493 e. The molecule has 0 aromatic heterocycles. The summed E-state index contributed by atoms with van der Waals surface area (Å²) in [5.41, 5.74) is 1.12. The van der Waals surface area contributed by atoms with E-state index < -0.39 is 0 Å². The maximum atomic E-state index is 11.9. The first-order valence-corrected chi connectivity index (χ1v) is 9.36. The minimum atomic E-state index is -0.144. The number of nitrogens with one attached hydrogen (secondary N) is 1. The number of methoxy groups -OCH3 is 1. The van der Waals surface area contributed by atoms with Crippen LogP contribution in [0.25, 0.3) is 0 Å². The van der Waals surface area contributed by atoms with Crippen molar-refractivity contribution >= 4 is 35.9 Å². The summed E-state index contributed by atoms with van der Waals surface area (Å²) in [7, 11) is 3.22. The highest BCUT2D eigenvalue weighted by molar-refractivity contribution is 14.0. The van der Waals surface area contributed by atoms with E-state index >= 15 is 0 Å². The third-order valence-corrected chi connectivity index (χ3v) is 5.21. The Morgan fingerprint density at radius 1 is 1.30 bits per heavy atom. The minimum absolute atomic E-state index is 0. The fourth-order valence-corrected chi connectivity index (χ4v) is 3.39. The topological polar surface area (TPSA) is 63.2 Å². The third kappa shape index (κ3) is 5.73. The molecule has 2 unspecified atom stereocenters. The van der Waals surface area contributed by atoms with Crippen molar-refractivity contribution in [2.75, 3.05) is 33.9 Å². The highest BCUT2D eigenvalue weighted by atomic mass is 127. The van der Waals surface area contributed by atoms with E-state index in [0.717, 1.165) is 36.3 Å². The van der Waals surface area contributed by atoms with Crippen LogP contribution in [0.2, 0.25) is 0 Å². The normalized spacial score (nSPS) is 22.2. The first-order valence-electron chi connectivity index (χ1n) is 9.36. The number of aliphatic imine (C=N–C) groups is 1. The third-order valence-electron chi connectivity index (χ3n) is 5.21. The fourth-order valence-electron chi connectivity index (χ4n) is 3.39. The van der Waals surface area contributed by atoms with E-state index in [1.54, 1.807) is 7.05 Å². The Hall–Kier alpha value is -1.51. The van der Waals surface area contributed by atoms with Gasteiger partial charge in [0.05, 0.1) is 19.6 Å². The summed E-state index contributed by atoms with van der Waals surface area (Å²) >= 11 is 0. The van der Waals surface area contributed by atoms with Crippen LogP contribution in [0.5, 0.6) is 5.75 Å². The number of likely N-dealkylation sites (tertiary alicyclic amines) is 1. The summed E-state index contributed by atoms with van der Waals surface area (Å²) in [6.07, 6.45) is 2.56. The lowest BCUT2D eigenvalue weighted by atomic mass is 9.99. The molecule has 0 bridgehead atoms. The van der Waals surface area contributed by atoms with Gasteiger partial charge in [-0.3, -0.25) is 9.79 Å². The minimum Gasteiger partial charge on any atom is -0.493 e. The van der Waals surface area contributed by atoms with Gasteiger partial charge in [0.1, 0.15) is 5.75 Å². The van der Waals surface area contributed by atoms with E-state index in [0.29, 0.717) is 13.1 Å². The van der Waals surface area contributed by atoms with Crippen molar-refractivity contribution in [3.05, 3.63) is 29.8 Å². The SMILES string of the molecule is CN=C(NCc1ccccc1OCC1CC1)N1CC(C)C(C(=O)OC)C1.I. The maximum Gasteiger partial charge on any atom is 0.310 e. The average Bonchev–Trinajstić information content (AvgIpc) is 3.41. The van der Waals surface area contributed by atoms with Crippen LogP contribution in [0.15, 0.2) is 29.3 Å². The first kappa shape index (κ1) is 21.8. The van der Waals surface area contributed by atoms with E-state index in [1.165, 1.54) is 20.0 Å². The lowest BCUT2D eigenvalue weighted by molar-refractivity contribution is -0.145. The molecule has 1 aromatic carbocycles. The molecule has 0 amide bonds. The van der Waals surface area contributed by atoms with Crippen LogP contribution in [-0.2, 0) is 16.1 Å². The van der Waals surface area contributed by atoms with Gasteiger partial charge in [-0.25, -0.2) is 0 Å². The number of halogens is 1. The molecule has 3 rings (SSSR count). The van der Waals surface area contributed by atoms with Gasteiger partial charge in [-0.1, -0.05) is 25.1 Å². The van der Waals surface area contributed by atoms with E-state index in [4.69, 9.17) is 9.47 Å². The number of hydrogen-bond donors (Lipinski definition) is 1. The van der Waals surface area contributed by atoms with Crippen LogP contribution in [0.3, 0.4) is 0 Å². The number of carbonyl (C=O) groups is 1. The Kier molecular flexibility index (Phi) is 8.19. The summed E-state index contributed by atoms with van der Waals surface area (Å²) in [5, 5.41) is 3.41. The van der Waals surface area contributed by atoms with Gasteiger partial charge in [-0.2, -0.15) is 0 Å². The van der Waals surface area contributed by atoms with Gasteiger partial charge >= 0.3 is 5.97 Å². The van der Waals surface area contributed by atoms with Crippen LogP contribution in [0.4, 0.5) is 0 Å². The van der Waals surface area contributed by atoms with Crippen LogP contribution >= 0.6 is 24.0 Å². The summed E-state index contributed by atoms with van der Waals surface area (Å²) < 4.78 is 10.9. The quantitative estimate of drug-likeness (QED) is 0.290. The summed E-state index contributed by atoms with van der Waals surface area (Å²) in [6, 6.07) is 8.12. The predicted octanol–water partition coefficient (Wildman–Crippen LogP) is 2.91. The number of para-hydroxylation sites is 1. The molecule has 2 atom stereocenters. The molecule has 1 heterocycles. The molecule has 6 nitrogen and oxygen atoms in total. The molecule has 0 spiro atoms. The summed E-state index contributed by atoms with van der Waals surface area (Å²) in [6.45, 7) is 4.94. The smallest absolute Gasteiger partial charge is 0.310 e. The second-order valence-corrected chi connectivity index (χ2v) is 7.27. The molecule has 2 aliphatic rings. The molecule has 7 heteroatoms. The van der Waals surface area contributed by atoms with Crippen molar-refractivity contribution in [3.8, 4) is 5.75 Å². The highest BCUT2D eigenvalue weighted by Gasteiger charge is 2.36. The molecule has 1 aromatic rings. The standard InChI is InChI=1S/C20H29N3O3.HI/c1-14-11-23(12-17(14)19(24)25-3)20(21-2)22-10-16-6-4-5-7-18(16)26-13-15-8-9-15;/h4-7,14-15,17H,8-13H2,1-3H3,(H,21,22);1H. The Bertz CT molecular complexity index is 664. The lowest BCUT2D eigenvalue weighted by Crippen LogP contribution is -2.40. The summed E-state index contributed by atoms with van der Waals surface area (Å²) in [5.74, 6) is 2.46. The Morgan fingerprint density at radius 3 is 2.70 bits per heavy atom. The van der Waals surface area contributed by atoms with Gasteiger partial charge in [0.25, 0.3) is 0 Å². The molecule has 1 saturated carbocycles. The van der Waals surface area contributed by atoms with Crippen LogP contribution in [-0.4, -0.2) is 50.7 Å². The Morgan fingerprint density at radius 2 is 2.04 bits per heavy atom. The zero-order valence-electron chi connectivity index (χ0n) is 16.3. The van der Waals surface area contributed by atoms with Crippen molar-refractivity contribution < 1.29 is 14.3 Å². The zero-order chi connectivity index (χ0) is 18.5. The number of carbonyl (C=O) groups excluding carboxylic acids is 1. The Balaban J connectivity index is 0.00000261. The maximum absolute atomic E-state index is 11.9. The number of nitrogens with zero attached hydrogens (tertiary/aromatic N) is 2. The molecular weight excluding hydrogens is 457 g/mol. The van der Waals surface area contributed by atoms with Gasteiger partial charge in [0.2, 0.25) is 0 Å². The van der Waals surface area contributed by atoms with E-state index in [-0.39, 0.29) is 41.8 Å². The first-order chi connectivity index (χ1) is 12.6. The molecule has 27 heavy (non-hydrogen) atoms. The molecular formula is C20H30IN3O3. The van der Waals surface area contributed by atoms with E-state index in [1.807, 2.05) is 18.2 Å². The zero-order valence-corrected chi connectivity index (χ0v) is 18.6. The highest BCUT2D eigenvalue weighted by Crippen LogP contribution is 2.30. The second-order valence-electron chi connectivity index (χ2n) is 7.27. The molecule has 150 valence electrons. The fraction of sp³-hybridized carbons (Fsp3) is 0.600. The van der Waals surface area contributed by atoms with Crippen molar-refractivity contribution in [1.82, 2.24) is 10.2 Å². The number of rotatable bonds is 6. The van der Waals surface area contributed by atoms with Gasteiger partial charge in [-0.05, 0) is 30.7 Å². The van der Waals surface area contributed by atoms with Crippen LogP contribution < -0.4 is 10.1 Å². The van der Waals surface area contributed by atoms with Crippen LogP contribution in [0, 0.1) is 17.8 Å². The van der Waals surface area contributed by atoms with E-state index in [9.17, 15) is 4.79 Å². The van der Waals surface area contributed by atoms with Gasteiger partial charge in [-0.15, -0.1) is 24.0 Å². The number of ether oxygens (including phenoxy) is 2. The molecule has 1 saturated heterocycles. The second kappa shape index (κ2) is 10.1. The number of esters is 1. The van der Waals surface area contributed by atoms with Gasteiger partial charge < -0.3 is 19.7 Å². The van der Waals surface area contributed by atoms with Crippen molar-refractivity contribution in [3.63, 3.8) is 0 Å². The van der Waals surface area contributed by atoms with Crippen molar-refractivity contribution in [2.24, 2.45) is 22.7 Å². The molecule has 1 N–H and O–H groups in total. The molecule has 1 aliphatic carbocycles. The molecule has 1 aliphatic heterocycles. The van der Waals surface area contributed by atoms with Gasteiger partial charge in [0, 0.05) is 32.2 Å². The molecule has 2 fully saturated rings. The predicted molar refractivity (Wildman–Crippen MR) is 117 cm³/mol. The van der Waals surface area contributed by atoms with Crippen molar-refractivity contribution in [2.45, 2.75) is 26.3 Å². The number of guanidine groups is 1. The Labute approximate surface area is 178 Å². The number of benzene rings is 1. The van der Waals surface area contributed by atoms with E-state index in [2.05, 4.69) is 28.2 Å². The lowest BCUT2D eigenvalue weighted by Gasteiger charge is -2.22. The summed E-state index contributed by atoms with van der Waals surface area (Å²) in [4.78, 5) is 18.4.